The molecule has 0 saturated heterocycles. The van der Waals surface area contributed by atoms with Crippen LogP contribution in [-0.2, 0) is 11.3 Å². The number of rotatable bonds is 5. The van der Waals surface area contributed by atoms with Gasteiger partial charge in [-0.2, -0.15) is 0 Å². The fourth-order valence-corrected chi connectivity index (χ4v) is 4.05. The van der Waals surface area contributed by atoms with E-state index in [4.69, 9.17) is 0 Å². The van der Waals surface area contributed by atoms with Gasteiger partial charge < -0.3 is 10.4 Å². The van der Waals surface area contributed by atoms with Crippen molar-refractivity contribution in [2.45, 2.75) is 31.5 Å². The molecule has 0 aliphatic heterocycles. The molecule has 1 saturated carbocycles. The van der Waals surface area contributed by atoms with Crippen LogP contribution in [-0.4, -0.2) is 31.7 Å². The Kier molecular flexibility index (Phi) is 4.52. The summed E-state index contributed by atoms with van der Waals surface area (Å²) in [5.74, 6) is -0.139. The maximum absolute atomic E-state index is 12.6. The summed E-state index contributed by atoms with van der Waals surface area (Å²) in [6, 6.07) is 7.06. The Morgan fingerprint density at radius 1 is 1.35 bits per heavy atom. The molecular weight excluding hydrogens is 352 g/mol. The van der Waals surface area contributed by atoms with Gasteiger partial charge in [0.25, 0.3) is 5.56 Å². The Labute approximate surface area is 153 Å². The zero-order chi connectivity index (χ0) is 18.1. The van der Waals surface area contributed by atoms with Crippen LogP contribution in [0.3, 0.4) is 0 Å². The van der Waals surface area contributed by atoms with Crippen molar-refractivity contribution in [3.8, 4) is 0 Å². The molecule has 3 heterocycles. The summed E-state index contributed by atoms with van der Waals surface area (Å²) in [5, 5.41) is 14.4. The third-order valence-electron chi connectivity index (χ3n) is 4.69. The van der Waals surface area contributed by atoms with Crippen molar-refractivity contribution >= 4 is 27.5 Å². The molecule has 2 N–H and O–H groups in total. The third-order valence-corrected chi connectivity index (χ3v) is 5.59. The highest BCUT2D eigenvalue weighted by molar-refractivity contribution is 7.17. The lowest BCUT2D eigenvalue weighted by Crippen LogP contribution is -2.43. The van der Waals surface area contributed by atoms with Gasteiger partial charge in [-0.25, -0.2) is 4.98 Å². The lowest BCUT2D eigenvalue weighted by atomic mass is 9.76. The molecule has 3 aromatic rings. The van der Waals surface area contributed by atoms with E-state index in [9.17, 15) is 14.7 Å². The number of hydrogen-bond donors (Lipinski definition) is 2. The second-order valence-corrected chi connectivity index (χ2v) is 7.41. The molecule has 0 aromatic carbocycles. The fourth-order valence-electron chi connectivity index (χ4n) is 3.26. The van der Waals surface area contributed by atoms with Crippen LogP contribution < -0.4 is 10.9 Å². The van der Waals surface area contributed by atoms with E-state index in [1.165, 1.54) is 22.2 Å². The third kappa shape index (κ3) is 3.25. The number of carbonyl (C=O) groups is 1. The molecule has 3 aromatic heterocycles. The normalized spacial score (nSPS) is 20.5. The Morgan fingerprint density at radius 2 is 2.19 bits per heavy atom. The van der Waals surface area contributed by atoms with Gasteiger partial charge in [-0.05, 0) is 42.3 Å². The molecule has 4 rings (SSSR count). The van der Waals surface area contributed by atoms with Gasteiger partial charge in [0.15, 0.2) is 0 Å². The van der Waals surface area contributed by atoms with Crippen molar-refractivity contribution < 1.29 is 9.90 Å². The quantitative estimate of drug-likeness (QED) is 0.709. The van der Waals surface area contributed by atoms with Gasteiger partial charge >= 0.3 is 0 Å². The summed E-state index contributed by atoms with van der Waals surface area (Å²) in [6.07, 6.45) is 4.02. The van der Waals surface area contributed by atoms with E-state index in [-0.39, 0.29) is 36.1 Å². The van der Waals surface area contributed by atoms with E-state index in [0.717, 1.165) is 5.69 Å². The largest absolute Gasteiger partial charge is 0.393 e. The average molecular weight is 370 g/mol. The van der Waals surface area contributed by atoms with E-state index >= 15 is 0 Å². The minimum Gasteiger partial charge on any atom is -0.393 e. The minimum atomic E-state index is -0.323. The predicted molar refractivity (Wildman–Crippen MR) is 97.7 cm³/mol. The second-order valence-electron chi connectivity index (χ2n) is 6.50. The molecule has 1 aliphatic carbocycles. The number of thiophene rings is 1. The van der Waals surface area contributed by atoms with Crippen LogP contribution in [0, 0.1) is 5.92 Å². The molecular formula is C18H18N4O3S. The Balaban J connectivity index is 1.52. The summed E-state index contributed by atoms with van der Waals surface area (Å²) < 4.78 is 1.86. The summed E-state index contributed by atoms with van der Waals surface area (Å²) >= 11 is 1.32. The van der Waals surface area contributed by atoms with E-state index < -0.39 is 0 Å². The fraction of sp³-hybridized carbons (Fsp3) is 0.333. The molecule has 1 aliphatic rings. The average Bonchev–Trinajstić information content (AvgIpc) is 3.10. The molecule has 8 heteroatoms. The first kappa shape index (κ1) is 16.9. The first-order chi connectivity index (χ1) is 12.6. The zero-order valence-corrected chi connectivity index (χ0v) is 14.7. The van der Waals surface area contributed by atoms with Crippen molar-refractivity contribution in [3.63, 3.8) is 0 Å². The number of amides is 1. The first-order valence-corrected chi connectivity index (χ1v) is 9.31. The van der Waals surface area contributed by atoms with Crippen LogP contribution in [0.5, 0.6) is 0 Å². The van der Waals surface area contributed by atoms with Gasteiger partial charge in [-0.15, -0.1) is 11.3 Å². The summed E-state index contributed by atoms with van der Waals surface area (Å²) in [4.78, 5) is 33.6. The van der Waals surface area contributed by atoms with Crippen molar-refractivity contribution in [3.05, 3.63) is 58.2 Å². The van der Waals surface area contributed by atoms with Crippen molar-refractivity contribution in [1.29, 1.82) is 0 Å². The topological polar surface area (TPSA) is 97.1 Å². The minimum absolute atomic E-state index is 0.0989. The van der Waals surface area contributed by atoms with Crippen LogP contribution in [0.2, 0.25) is 0 Å². The Bertz CT molecular complexity index is 979. The van der Waals surface area contributed by atoms with Crippen LogP contribution >= 0.6 is 11.3 Å². The highest BCUT2D eigenvalue weighted by Crippen LogP contribution is 2.37. The maximum atomic E-state index is 12.6. The van der Waals surface area contributed by atoms with Gasteiger partial charge in [0.05, 0.1) is 29.7 Å². The monoisotopic (exact) mass is 370 g/mol. The molecule has 26 heavy (non-hydrogen) atoms. The number of hydrogen-bond acceptors (Lipinski definition) is 6. The smallest absolute Gasteiger partial charge is 0.271 e. The van der Waals surface area contributed by atoms with Crippen LogP contribution in [0.1, 0.15) is 24.6 Å². The van der Waals surface area contributed by atoms with Crippen molar-refractivity contribution in [2.24, 2.45) is 5.92 Å². The number of fused-ring (bicyclic) bond motifs is 1. The van der Waals surface area contributed by atoms with Crippen molar-refractivity contribution in [2.75, 3.05) is 0 Å². The first-order valence-electron chi connectivity index (χ1n) is 8.43. The van der Waals surface area contributed by atoms with Crippen LogP contribution in [0.25, 0.3) is 10.2 Å². The van der Waals surface area contributed by atoms with Crippen LogP contribution in [0.4, 0.5) is 0 Å². The SMILES string of the molecule is O=C(Cn1cnc2ccsc2c1=O)N[C@@H](c1ccccn1)C1CC(O)C1. The van der Waals surface area contributed by atoms with E-state index in [1.807, 2.05) is 23.6 Å². The number of nitrogens with zero attached hydrogens (tertiary/aromatic N) is 3. The Morgan fingerprint density at radius 3 is 2.92 bits per heavy atom. The van der Waals surface area contributed by atoms with Gasteiger partial charge in [0, 0.05) is 6.20 Å². The predicted octanol–water partition coefficient (Wildman–Crippen LogP) is 1.48. The highest BCUT2D eigenvalue weighted by atomic mass is 32.1. The number of aromatic nitrogens is 3. The van der Waals surface area contributed by atoms with E-state index in [1.54, 1.807) is 12.3 Å². The molecule has 0 spiro atoms. The highest BCUT2D eigenvalue weighted by Gasteiger charge is 2.36. The van der Waals surface area contributed by atoms with Crippen molar-refractivity contribution in [1.82, 2.24) is 19.9 Å². The van der Waals surface area contributed by atoms with Gasteiger partial charge in [0.2, 0.25) is 5.91 Å². The Hall–Kier alpha value is -2.58. The standard InChI is InChI=1S/C18H18N4O3S/c23-12-7-11(8-12)16(13-3-1-2-5-19-13)21-15(24)9-22-10-20-14-4-6-26-17(14)18(22)25/h1-6,10-12,16,23H,7-9H2,(H,21,24)/t11?,12?,16-/m1/s1. The maximum Gasteiger partial charge on any atom is 0.271 e. The zero-order valence-electron chi connectivity index (χ0n) is 13.9. The van der Waals surface area contributed by atoms with Crippen LogP contribution in [0.15, 0.2) is 47.0 Å². The number of aliphatic hydroxyl groups is 1. The molecule has 1 amide bonds. The molecule has 1 fully saturated rings. The van der Waals surface area contributed by atoms with E-state index in [2.05, 4.69) is 15.3 Å². The number of aliphatic hydroxyl groups excluding tert-OH is 1. The molecule has 0 unspecified atom stereocenters. The molecule has 0 radical (unpaired) electrons. The van der Waals surface area contributed by atoms with Gasteiger partial charge in [-0.1, -0.05) is 6.07 Å². The lowest BCUT2D eigenvalue weighted by molar-refractivity contribution is -0.123. The molecule has 7 nitrogen and oxygen atoms in total. The molecule has 0 bridgehead atoms. The summed E-state index contributed by atoms with van der Waals surface area (Å²) in [6.45, 7) is -0.0989. The van der Waals surface area contributed by atoms with Gasteiger partial charge in [0.1, 0.15) is 11.2 Å². The number of pyridine rings is 1. The number of carbonyl (C=O) groups excluding carboxylic acids is 1. The number of nitrogens with one attached hydrogen (secondary N) is 1. The van der Waals surface area contributed by atoms with Gasteiger partial charge in [-0.3, -0.25) is 19.1 Å². The molecule has 1 atom stereocenters. The molecule has 134 valence electrons. The van der Waals surface area contributed by atoms with E-state index in [0.29, 0.717) is 23.1 Å². The summed E-state index contributed by atoms with van der Waals surface area (Å²) in [5.41, 5.74) is 1.19. The summed E-state index contributed by atoms with van der Waals surface area (Å²) in [7, 11) is 0. The second kappa shape index (κ2) is 6.97. The lowest BCUT2D eigenvalue weighted by Gasteiger charge is -2.37.